The van der Waals surface area contributed by atoms with E-state index < -0.39 is 6.04 Å². The van der Waals surface area contributed by atoms with E-state index in [1.165, 1.54) is 20.0 Å². The molecule has 0 bridgehead atoms. The smallest absolute Gasteiger partial charge is 0.328 e. The second kappa shape index (κ2) is 10.00. The van der Waals surface area contributed by atoms with Crippen LogP contribution in [0.15, 0.2) is 0 Å². The highest BCUT2D eigenvalue weighted by atomic mass is 35.5. The normalized spacial score (nSPS) is 21.2. The highest BCUT2D eigenvalue weighted by molar-refractivity contribution is 5.85. The number of carbonyl (C=O) groups is 2. The molecule has 0 radical (unpaired) electrons. The molecule has 0 aromatic carbocycles. The van der Waals surface area contributed by atoms with E-state index in [1.807, 2.05) is 6.92 Å². The summed E-state index contributed by atoms with van der Waals surface area (Å²) in [6.45, 7) is 6.03. The number of nitrogens with one attached hydrogen (secondary N) is 2. The van der Waals surface area contributed by atoms with E-state index in [2.05, 4.69) is 22.3 Å². The van der Waals surface area contributed by atoms with Crippen molar-refractivity contribution in [3.05, 3.63) is 0 Å². The predicted molar refractivity (Wildman–Crippen MR) is 80.9 cm³/mol. The van der Waals surface area contributed by atoms with Gasteiger partial charge in [-0.2, -0.15) is 0 Å². The Kier molecular flexibility index (Phi) is 9.59. The lowest BCUT2D eigenvalue weighted by molar-refractivity contribution is -0.145. The first-order chi connectivity index (χ1) is 9.08. The molecule has 1 aliphatic rings. The predicted octanol–water partition coefficient (Wildman–Crippen LogP) is 1.50. The van der Waals surface area contributed by atoms with Gasteiger partial charge in [-0.05, 0) is 44.2 Å². The highest BCUT2D eigenvalue weighted by Gasteiger charge is 2.24. The first-order valence-electron chi connectivity index (χ1n) is 7.16. The number of halogens is 1. The molecular weight excluding hydrogens is 280 g/mol. The van der Waals surface area contributed by atoms with Crippen LogP contribution < -0.4 is 10.6 Å². The van der Waals surface area contributed by atoms with Crippen molar-refractivity contribution < 1.29 is 14.3 Å². The Labute approximate surface area is 127 Å². The maximum atomic E-state index is 11.9. The summed E-state index contributed by atoms with van der Waals surface area (Å²) >= 11 is 0. The van der Waals surface area contributed by atoms with Crippen LogP contribution in [0, 0.1) is 11.8 Å². The summed E-state index contributed by atoms with van der Waals surface area (Å²) in [5, 5.41) is 6.12. The molecule has 1 rings (SSSR count). The zero-order valence-electron chi connectivity index (χ0n) is 12.6. The molecule has 3 unspecified atom stereocenters. The summed E-state index contributed by atoms with van der Waals surface area (Å²) in [6.07, 6.45) is 3.38. The molecule has 3 atom stereocenters. The molecule has 1 saturated heterocycles. The topological polar surface area (TPSA) is 67.4 Å². The molecule has 0 saturated carbocycles. The van der Waals surface area contributed by atoms with Crippen molar-refractivity contribution in [2.24, 2.45) is 11.8 Å². The summed E-state index contributed by atoms with van der Waals surface area (Å²) in [5.74, 6) is 0.457. The van der Waals surface area contributed by atoms with Crippen LogP contribution in [0.3, 0.4) is 0 Å². The van der Waals surface area contributed by atoms with Gasteiger partial charge in [0, 0.05) is 6.42 Å². The summed E-state index contributed by atoms with van der Waals surface area (Å²) in [5.41, 5.74) is 0. The van der Waals surface area contributed by atoms with Gasteiger partial charge in [-0.3, -0.25) is 4.79 Å². The molecule has 0 aliphatic carbocycles. The van der Waals surface area contributed by atoms with Crippen molar-refractivity contribution in [2.45, 2.75) is 45.6 Å². The van der Waals surface area contributed by atoms with Crippen molar-refractivity contribution in [3.63, 3.8) is 0 Å². The molecule has 0 spiro atoms. The third-order valence-electron chi connectivity index (χ3n) is 3.88. The molecule has 6 heteroatoms. The minimum Gasteiger partial charge on any atom is -0.467 e. The van der Waals surface area contributed by atoms with E-state index in [1.54, 1.807) is 0 Å². The van der Waals surface area contributed by atoms with Gasteiger partial charge < -0.3 is 15.4 Å². The number of hydrogen-bond donors (Lipinski definition) is 2. The molecular formula is C14H27ClN2O3. The Morgan fingerprint density at radius 1 is 1.45 bits per heavy atom. The number of carbonyl (C=O) groups excluding carboxylic acids is 2. The lowest BCUT2D eigenvalue weighted by atomic mass is 9.85. The fourth-order valence-electron chi connectivity index (χ4n) is 2.55. The van der Waals surface area contributed by atoms with Gasteiger partial charge >= 0.3 is 5.97 Å². The maximum Gasteiger partial charge on any atom is 0.328 e. The van der Waals surface area contributed by atoms with Crippen molar-refractivity contribution in [1.29, 1.82) is 0 Å². The summed E-state index contributed by atoms with van der Waals surface area (Å²) in [7, 11) is 1.34. The monoisotopic (exact) mass is 306 g/mol. The first-order valence-corrected chi connectivity index (χ1v) is 7.16. The van der Waals surface area contributed by atoms with Gasteiger partial charge in [0.1, 0.15) is 6.04 Å². The van der Waals surface area contributed by atoms with E-state index in [0.717, 1.165) is 13.1 Å². The van der Waals surface area contributed by atoms with Crippen LogP contribution in [0.5, 0.6) is 0 Å². The van der Waals surface area contributed by atoms with Crippen molar-refractivity contribution in [2.75, 3.05) is 20.2 Å². The van der Waals surface area contributed by atoms with E-state index in [4.69, 9.17) is 0 Å². The first kappa shape index (κ1) is 19.2. The third kappa shape index (κ3) is 6.09. The fraction of sp³-hybridized carbons (Fsp3) is 0.857. The van der Waals surface area contributed by atoms with Crippen molar-refractivity contribution in [1.82, 2.24) is 10.6 Å². The van der Waals surface area contributed by atoms with Gasteiger partial charge in [-0.1, -0.05) is 13.8 Å². The van der Waals surface area contributed by atoms with Gasteiger partial charge in [0.2, 0.25) is 5.91 Å². The molecule has 1 aliphatic heterocycles. The van der Waals surface area contributed by atoms with E-state index in [0.29, 0.717) is 24.7 Å². The Morgan fingerprint density at radius 2 is 2.15 bits per heavy atom. The molecule has 1 heterocycles. The van der Waals surface area contributed by atoms with E-state index in [-0.39, 0.29) is 24.3 Å². The van der Waals surface area contributed by atoms with Crippen LogP contribution >= 0.6 is 12.4 Å². The second-order valence-corrected chi connectivity index (χ2v) is 5.34. The lowest BCUT2D eigenvalue weighted by Crippen LogP contribution is -2.42. The Morgan fingerprint density at radius 3 is 2.65 bits per heavy atom. The molecule has 1 fully saturated rings. The molecule has 118 valence electrons. The standard InChI is InChI=1S/C14H26N2O3.ClH/c1-4-12(14(18)19-3)16-13(17)8-10(2)11-6-5-7-15-9-11;/h10-12,15H,4-9H2,1-3H3,(H,16,17);1H. The molecule has 1 amide bonds. The number of esters is 1. The van der Waals surface area contributed by atoms with Crippen LogP contribution in [-0.2, 0) is 14.3 Å². The number of methoxy groups -OCH3 is 1. The van der Waals surface area contributed by atoms with Crippen molar-refractivity contribution >= 4 is 24.3 Å². The molecule has 20 heavy (non-hydrogen) atoms. The van der Waals surface area contributed by atoms with Gasteiger partial charge in [0.25, 0.3) is 0 Å². The fourth-order valence-corrected chi connectivity index (χ4v) is 2.55. The minimum absolute atomic E-state index is 0. The molecule has 0 aromatic heterocycles. The largest absolute Gasteiger partial charge is 0.467 e. The van der Waals surface area contributed by atoms with Crippen LogP contribution in [-0.4, -0.2) is 38.1 Å². The summed E-state index contributed by atoms with van der Waals surface area (Å²) in [6, 6.07) is -0.519. The Balaban J connectivity index is 0.00000361. The maximum absolute atomic E-state index is 11.9. The average Bonchev–Trinajstić information content (AvgIpc) is 2.44. The molecule has 5 nitrogen and oxygen atoms in total. The van der Waals surface area contributed by atoms with Gasteiger partial charge in [-0.25, -0.2) is 4.79 Å². The Hall–Kier alpha value is -0.810. The van der Waals surface area contributed by atoms with Gasteiger partial charge in [0.15, 0.2) is 0 Å². The molecule has 0 aromatic rings. The van der Waals surface area contributed by atoms with Gasteiger partial charge in [0.05, 0.1) is 7.11 Å². The SMILES string of the molecule is CCC(NC(=O)CC(C)C1CCCNC1)C(=O)OC.Cl. The Bertz CT molecular complexity index is 307. The number of rotatable bonds is 6. The zero-order chi connectivity index (χ0) is 14.3. The lowest BCUT2D eigenvalue weighted by Gasteiger charge is -2.28. The van der Waals surface area contributed by atoms with Gasteiger partial charge in [-0.15, -0.1) is 12.4 Å². The quantitative estimate of drug-likeness (QED) is 0.730. The van der Waals surface area contributed by atoms with Crippen LogP contribution in [0.4, 0.5) is 0 Å². The number of piperidine rings is 1. The highest BCUT2D eigenvalue weighted by Crippen LogP contribution is 2.22. The van der Waals surface area contributed by atoms with E-state index in [9.17, 15) is 9.59 Å². The van der Waals surface area contributed by atoms with Crippen LogP contribution in [0.2, 0.25) is 0 Å². The summed E-state index contributed by atoms with van der Waals surface area (Å²) in [4.78, 5) is 23.4. The summed E-state index contributed by atoms with van der Waals surface area (Å²) < 4.78 is 4.66. The van der Waals surface area contributed by atoms with Crippen LogP contribution in [0.25, 0.3) is 0 Å². The van der Waals surface area contributed by atoms with Crippen molar-refractivity contribution in [3.8, 4) is 0 Å². The molecule has 2 N–H and O–H groups in total. The van der Waals surface area contributed by atoms with Crippen LogP contribution in [0.1, 0.15) is 39.5 Å². The number of ether oxygens (including phenoxy) is 1. The zero-order valence-corrected chi connectivity index (χ0v) is 13.4. The second-order valence-electron chi connectivity index (χ2n) is 5.34. The van der Waals surface area contributed by atoms with E-state index >= 15 is 0 Å². The number of amides is 1. The minimum atomic E-state index is -0.519. The third-order valence-corrected chi connectivity index (χ3v) is 3.88. The number of hydrogen-bond acceptors (Lipinski definition) is 4. The average molecular weight is 307 g/mol.